The fraction of sp³-hybridized carbons (Fsp3) is 0.429. The van der Waals surface area contributed by atoms with E-state index in [9.17, 15) is 0 Å². The monoisotopic (exact) mass is 343 g/mol. The molecule has 1 aromatic heterocycles. The zero-order valence-electron chi connectivity index (χ0n) is 15.1. The van der Waals surface area contributed by atoms with Gasteiger partial charge in [-0.2, -0.15) is 0 Å². The molecule has 1 aromatic carbocycles. The minimum atomic E-state index is 0.875. The fourth-order valence-corrected chi connectivity index (χ4v) is 3.56. The van der Waals surface area contributed by atoms with Gasteiger partial charge in [0, 0.05) is 21.7 Å². The van der Waals surface area contributed by atoms with E-state index in [0.717, 1.165) is 49.1 Å². The topological polar surface area (TPSA) is 35.2 Å². The number of ether oxygens (including phenoxy) is 1. The van der Waals surface area contributed by atoms with Crippen LogP contribution in [0.5, 0.6) is 5.75 Å². The van der Waals surface area contributed by atoms with Crippen molar-refractivity contribution in [2.24, 2.45) is 0 Å². The molecule has 0 aliphatic heterocycles. The molecule has 0 radical (unpaired) electrons. The van der Waals surface area contributed by atoms with Crippen LogP contribution in [-0.4, -0.2) is 7.11 Å². The highest BCUT2D eigenvalue weighted by Gasteiger charge is 2.15. The molecule has 130 valence electrons. The summed E-state index contributed by atoms with van der Waals surface area (Å²) in [5.41, 5.74) is 10.9. The number of thiophene rings is 1. The summed E-state index contributed by atoms with van der Waals surface area (Å²) in [6.07, 6.45) is 11.0. The maximum Gasteiger partial charge on any atom is 0.131 e. The van der Waals surface area contributed by atoms with Crippen LogP contribution in [0.1, 0.15) is 61.1 Å². The molecule has 0 saturated heterocycles. The Morgan fingerprint density at radius 2 is 1.88 bits per heavy atom. The molecule has 0 unspecified atom stereocenters. The molecule has 0 atom stereocenters. The van der Waals surface area contributed by atoms with Crippen LogP contribution >= 0.6 is 11.3 Å². The van der Waals surface area contributed by atoms with Crippen molar-refractivity contribution in [3.63, 3.8) is 0 Å². The summed E-state index contributed by atoms with van der Waals surface area (Å²) in [4.78, 5) is 1.26. The fourth-order valence-electron chi connectivity index (χ4n) is 2.94. The van der Waals surface area contributed by atoms with E-state index in [4.69, 9.17) is 10.5 Å². The number of unbranched alkanes of at least 4 members (excludes halogenated alkanes) is 2. The van der Waals surface area contributed by atoms with Gasteiger partial charge < -0.3 is 10.5 Å². The van der Waals surface area contributed by atoms with Crippen LogP contribution in [0.15, 0.2) is 23.6 Å². The van der Waals surface area contributed by atoms with Crippen LogP contribution in [0.4, 0.5) is 5.69 Å². The average molecular weight is 344 g/mol. The highest BCUT2D eigenvalue weighted by atomic mass is 32.1. The minimum absolute atomic E-state index is 0.875. The van der Waals surface area contributed by atoms with Gasteiger partial charge in [-0.05, 0) is 60.9 Å². The van der Waals surface area contributed by atoms with E-state index < -0.39 is 0 Å². The number of anilines is 1. The summed E-state index contributed by atoms with van der Waals surface area (Å²) >= 11 is 1.75. The Hall–Kier alpha value is -1.74. The summed E-state index contributed by atoms with van der Waals surface area (Å²) in [6.45, 7) is 4.42. The van der Waals surface area contributed by atoms with Gasteiger partial charge in [0.2, 0.25) is 0 Å². The SMILES string of the molecule is CCCCc1cc(N)c(CCCC)c(OC)c1C=Cc1cccs1. The minimum Gasteiger partial charge on any atom is -0.496 e. The van der Waals surface area contributed by atoms with E-state index in [1.807, 2.05) is 0 Å². The van der Waals surface area contributed by atoms with Gasteiger partial charge in [-0.25, -0.2) is 0 Å². The zero-order chi connectivity index (χ0) is 17.4. The van der Waals surface area contributed by atoms with E-state index in [0.29, 0.717) is 0 Å². The normalized spacial score (nSPS) is 11.3. The maximum atomic E-state index is 6.37. The Morgan fingerprint density at radius 1 is 1.12 bits per heavy atom. The molecule has 2 nitrogen and oxygen atoms in total. The predicted octanol–water partition coefficient (Wildman–Crippen LogP) is 6.19. The molecule has 0 fully saturated rings. The van der Waals surface area contributed by atoms with Crippen LogP contribution in [0.2, 0.25) is 0 Å². The zero-order valence-corrected chi connectivity index (χ0v) is 15.9. The smallest absolute Gasteiger partial charge is 0.131 e. The predicted molar refractivity (Wildman–Crippen MR) is 108 cm³/mol. The summed E-state index contributed by atoms with van der Waals surface area (Å²) in [6, 6.07) is 6.38. The highest BCUT2D eigenvalue weighted by Crippen LogP contribution is 2.36. The van der Waals surface area contributed by atoms with Crippen molar-refractivity contribution >= 4 is 29.2 Å². The average Bonchev–Trinajstić information content (AvgIpc) is 3.10. The lowest BCUT2D eigenvalue weighted by atomic mass is 9.93. The van der Waals surface area contributed by atoms with Crippen molar-refractivity contribution in [2.75, 3.05) is 12.8 Å². The quantitative estimate of drug-likeness (QED) is 0.551. The first-order chi connectivity index (χ1) is 11.7. The third kappa shape index (κ3) is 4.64. The molecule has 0 amide bonds. The van der Waals surface area contributed by atoms with Crippen molar-refractivity contribution < 1.29 is 4.74 Å². The van der Waals surface area contributed by atoms with Crippen molar-refractivity contribution in [3.05, 3.63) is 45.1 Å². The van der Waals surface area contributed by atoms with Gasteiger partial charge >= 0.3 is 0 Å². The molecule has 2 rings (SSSR count). The molecule has 3 heteroatoms. The van der Waals surface area contributed by atoms with Gasteiger partial charge in [-0.1, -0.05) is 32.8 Å². The number of hydrogen-bond donors (Lipinski definition) is 1. The van der Waals surface area contributed by atoms with Crippen molar-refractivity contribution in [3.8, 4) is 5.75 Å². The Morgan fingerprint density at radius 3 is 2.50 bits per heavy atom. The van der Waals surface area contributed by atoms with Crippen molar-refractivity contribution in [1.29, 1.82) is 0 Å². The van der Waals surface area contributed by atoms with Crippen molar-refractivity contribution in [2.45, 2.75) is 52.4 Å². The number of rotatable bonds is 9. The van der Waals surface area contributed by atoms with E-state index in [-0.39, 0.29) is 0 Å². The van der Waals surface area contributed by atoms with Gasteiger partial charge in [-0.15, -0.1) is 11.3 Å². The number of benzene rings is 1. The second kappa shape index (κ2) is 9.53. The molecule has 2 aromatic rings. The largest absolute Gasteiger partial charge is 0.496 e. The lowest BCUT2D eigenvalue weighted by Crippen LogP contribution is -2.04. The molecule has 0 bridgehead atoms. The van der Waals surface area contributed by atoms with Gasteiger partial charge in [0.15, 0.2) is 0 Å². The molecule has 0 aliphatic rings. The number of nitrogen functional groups attached to an aromatic ring is 1. The number of aryl methyl sites for hydroxylation is 1. The lowest BCUT2D eigenvalue weighted by molar-refractivity contribution is 0.408. The van der Waals surface area contributed by atoms with Gasteiger partial charge in [-0.3, -0.25) is 0 Å². The summed E-state index contributed by atoms with van der Waals surface area (Å²) in [7, 11) is 1.76. The standard InChI is InChI=1S/C21H29NOS/c1-4-6-9-16-15-20(22)19(11-7-5-2)21(23-3)18(16)13-12-17-10-8-14-24-17/h8,10,12-15H,4-7,9,11,22H2,1-3H3. The molecule has 0 saturated carbocycles. The van der Waals surface area contributed by atoms with Gasteiger partial charge in [0.05, 0.1) is 7.11 Å². The first-order valence-corrected chi connectivity index (χ1v) is 9.79. The molecular weight excluding hydrogens is 314 g/mol. The Bertz CT molecular complexity index is 659. The third-order valence-electron chi connectivity index (χ3n) is 4.28. The molecule has 2 N–H and O–H groups in total. The van der Waals surface area contributed by atoms with E-state index in [1.165, 1.54) is 22.4 Å². The third-order valence-corrected chi connectivity index (χ3v) is 5.12. The highest BCUT2D eigenvalue weighted by molar-refractivity contribution is 7.10. The first kappa shape index (κ1) is 18.6. The van der Waals surface area contributed by atoms with E-state index >= 15 is 0 Å². The summed E-state index contributed by atoms with van der Waals surface area (Å²) in [5, 5.41) is 2.10. The molecular formula is C21H29NOS. The Balaban J connectivity index is 2.48. The van der Waals surface area contributed by atoms with Crippen LogP contribution < -0.4 is 10.5 Å². The first-order valence-electron chi connectivity index (χ1n) is 8.91. The van der Waals surface area contributed by atoms with Crippen molar-refractivity contribution in [1.82, 2.24) is 0 Å². The molecule has 24 heavy (non-hydrogen) atoms. The molecule has 0 aliphatic carbocycles. The molecule has 1 heterocycles. The number of nitrogens with two attached hydrogens (primary N) is 1. The van der Waals surface area contributed by atoms with Crippen LogP contribution in [0, 0.1) is 0 Å². The van der Waals surface area contributed by atoms with Crippen LogP contribution in [-0.2, 0) is 12.8 Å². The van der Waals surface area contributed by atoms with Gasteiger partial charge in [0.25, 0.3) is 0 Å². The molecule has 0 spiro atoms. The second-order valence-electron chi connectivity index (χ2n) is 6.11. The summed E-state index contributed by atoms with van der Waals surface area (Å²) in [5.74, 6) is 0.961. The van der Waals surface area contributed by atoms with E-state index in [1.54, 1.807) is 18.4 Å². The Kier molecular flexibility index (Phi) is 7.38. The number of hydrogen-bond acceptors (Lipinski definition) is 3. The van der Waals surface area contributed by atoms with Gasteiger partial charge in [0.1, 0.15) is 5.75 Å². The van der Waals surface area contributed by atoms with Crippen LogP contribution in [0.3, 0.4) is 0 Å². The summed E-state index contributed by atoms with van der Waals surface area (Å²) < 4.78 is 5.82. The van der Waals surface area contributed by atoms with E-state index in [2.05, 4.69) is 49.6 Å². The Labute approximate surface area is 150 Å². The second-order valence-corrected chi connectivity index (χ2v) is 7.09. The lowest BCUT2D eigenvalue weighted by Gasteiger charge is -2.18. The maximum absolute atomic E-state index is 6.37. The van der Waals surface area contributed by atoms with Crippen LogP contribution in [0.25, 0.3) is 12.2 Å². The number of methoxy groups -OCH3 is 1.